The summed E-state index contributed by atoms with van der Waals surface area (Å²) in [6.45, 7) is 0. The van der Waals surface area contributed by atoms with Gasteiger partial charge in [-0.15, -0.1) is 0 Å². The molecular weight excluding hydrogens is 280 g/mol. The molecule has 0 saturated heterocycles. The van der Waals surface area contributed by atoms with Crippen LogP contribution in [0.3, 0.4) is 0 Å². The standard InChI is InChI=1S/C16H14N4O2/c21-12-8-9-5-7-18-15-13(9)20(12)16(22)11-2-1-6-17-14(11)19(15)10-3-4-10/h1-2,5-7,10,12,21H,3-4,8H2. The Morgan fingerprint density at radius 1 is 1.09 bits per heavy atom. The van der Waals surface area contributed by atoms with E-state index in [4.69, 9.17) is 0 Å². The van der Waals surface area contributed by atoms with E-state index in [-0.39, 0.29) is 5.91 Å². The molecule has 4 heterocycles. The number of hydrogen-bond donors (Lipinski definition) is 1. The number of carbonyl (C=O) groups is 1. The first kappa shape index (κ1) is 12.1. The topological polar surface area (TPSA) is 69.6 Å². The molecular formula is C16H14N4O2. The van der Waals surface area contributed by atoms with E-state index in [1.165, 1.54) is 4.90 Å². The molecule has 1 amide bonds. The number of hydrogen-bond acceptors (Lipinski definition) is 5. The van der Waals surface area contributed by atoms with Crippen LogP contribution >= 0.6 is 0 Å². The minimum Gasteiger partial charge on any atom is -0.373 e. The number of aliphatic hydroxyl groups is 1. The van der Waals surface area contributed by atoms with Gasteiger partial charge >= 0.3 is 0 Å². The number of nitrogens with zero attached hydrogens (tertiary/aromatic N) is 4. The van der Waals surface area contributed by atoms with Gasteiger partial charge < -0.3 is 10.0 Å². The Hall–Kier alpha value is -2.47. The van der Waals surface area contributed by atoms with E-state index in [2.05, 4.69) is 14.9 Å². The van der Waals surface area contributed by atoms with E-state index in [1.54, 1.807) is 24.5 Å². The zero-order chi connectivity index (χ0) is 14.8. The van der Waals surface area contributed by atoms with Gasteiger partial charge in [0.15, 0.2) is 5.82 Å². The lowest BCUT2D eigenvalue weighted by Crippen LogP contribution is -2.37. The van der Waals surface area contributed by atoms with Crippen molar-refractivity contribution in [2.75, 3.05) is 9.80 Å². The number of rotatable bonds is 1. The molecule has 6 nitrogen and oxygen atoms in total. The van der Waals surface area contributed by atoms with Crippen LogP contribution in [0.4, 0.5) is 17.3 Å². The second-order valence-corrected chi connectivity index (χ2v) is 5.98. The van der Waals surface area contributed by atoms with E-state index in [0.29, 0.717) is 23.8 Å². The van der Waals surface area contributed by atoms with E-state index in [0.717, 1.165) is 29.9 Å². The second kappa shape index (κ2) is 4.04. The summed E-state index contributed by atoms with van der Waals surface area (Å²) in [4.78, 5) is 25.4. The van der Waals surface area contributed by atoms with Gasteiger partial charge in [-0.25, -0.2) is 9.97 Å². The molecule has 110 valence electrons. The number of anilines is 3. The van der Waals surface area contributed by atoms with Gasteiger partial charge in [0.2, 0.25) is 0 Å². The highest BCUT2D eigenvalue weighted by Gasteiger charge is 2.45. The zero-order valence-corrected chi connectivity index (χ0v) is 11.8. The van der Waals surface area contributed by atoms with E-state index >= 15 is 0 Å². The van der Waals surface area contributed by atoms with Crippen LogP contribution in [-0.2, 0) is 6.42 Å². The maximum absolute atomic E-state index is 12.9. The normalized spacial score (nSPS) is 22.4. The molecule has 1 fully saturated rings. The Kier molecular flexibility index (Phi) is 2.23. The van der Waals surface area contributed by atoms with Gasteiger partial charge in [0.25, 0.3) is 5.91 Å². The van der Waals surface area contributed by atoms with E-state index in [9.17, 15) is 9.90 Å². The summed E-state index contributed by atoms with van der Waals surface area (Å²) in [6, 6.07) is 5.74. The van der Waals surface area contributed by atoms with Crippen LogP contribution in [-0.4, -0.2) is 33.3 Å². The lowest BCUT2D eigenvalue weighted by molar-refractivity contribution is 0.0905. The summed E-state index contributed by atoms with van der Waals surface area (Å²) in [5.74, 6) is 1.19. The SMILES string of the molecule is O=C1c2cccnc2N(C2CC2)c2nccc3c2N1C(O)C3. The van der Waals surface area contributed by atoms with Crippen LogP contribution in [0.5, 0.6) is 0 Å². The fraction of sp³-hybridized carbons (Fsp3) is 0.312. The lowest BCUT2D eigenvalue weighted by atomic mass is 10.2. The molecule has 0 aromatic carbocycles. The predicted molar refractivity (Wildman–Crippen MR) is 80.2 cm³/mol. The molecule has 0 spiro atoms. The Balaban J connectivity index is 1.85. The quantitative estimate of drug-likeness (QED) is 0.865. The van der Waals surface area contributed by atoms with Crippen LogP contribution in [0.25, 0.3) is 0 Å². The van der Waals surface area contributed by atoms with Gasteiger partial charge in [0.1, 0.15) is 12.0 Å². The van der Waals surface area contributed by atoms with Crippen molar-refractivity contribution >= 4 is 23.2 Å². The maximum Gasteiger partial charge on any atom is 0.264 e. The Bertz CT molecular complexity index is 802. The van der Waals surface area contributed by atoms with Crippen LogP contribution in [0.2, 0.25) is 0 Å². The first-order valence-corrected chi connectivity index (χ1v) is 7.49. The third-order valence-corrected chi connectivity index (χ3v) is 4.53. The molecule has 0 radical (unpaired) electrons. The molecule has 5 rings (SSSR count). The molecule has 1 N–H and O–H groups in total. The summed E-state index contributed by atoms with van der Waals surface area (Å²) in [7, 11) is 0. The van der Waals surface area contributed by atoms with Gasteiger partial charge in [0, 0.05) is 24.9 Å². The van der Waals surface area contributed by atoms with Gasteiger partial charge in [0.05, 0.1) is 11.3 Å². The van der Waals surface area contributed by atoms with Crippen molar-refractivity contribution in [3.05, 3.63) is 41.7 Å². The number of aliphatic hydroxyl groups excluding tert-OH is 1. The average molecular weight is 294 g/mol. The number of aromatic nitrogens is 2. The summed E-state index contributed by atoms with van der Waals surface area (Å²) >= 11 is 0. The fourth-order valence-electron chi connectivity index (χ4n) is 3.42. The second-order valence-electron chi connectivity index (χ2n) is 5.98. The fourth-order valence-corrected chi connectivity index (χ4v) is 3.42. The molecule has 2 aromatic heterocycles. The molecule has 22 heavy (non-hydrogen) atoms. The number of carbonyl (C=O) groups excluding carboxylic acids is 1. The maximum atomic E-state index is 12.9. The summed E-state index contributed by atoms with van der Waals surface area (Å²) in [6.07, 6.45) is 5.19. The third kappa shape index (κ3) is 1.45. The Labute approximate surface area is 127 Å². The van der Waals surface area contributed by atoms with Gasteiger partial charge in [-0.05, 0) is 36.6 Å². The first-order chi connectivity index (χ1) is 10.8. The van der Waals surface area contributed by atoms with Crippen molar-refractivity contribution in [1.82, 2.24) is 9.97 Å². The molecule has 0 bridgehead atoms. The predicted octanol–water partition coefficient (Wildman–Crippen LogP) is 1.61. The molecule has 1 saturated carbocycles. The molecule has 1 aliphatic carbocycles. The third-order valence-electron chi connectivity index (χ3n) is 4.53. The lowest BCUT2D eigenvalue weighted by Gasteiger charge is -2.24. The van der Waals surface area contributed by atoms with Gasteiger partial charge in [-0.2, -0.15) is 0 Å². The highest BCUT2D eigenvalue weighted by atomic mass is 16.3. The number of pyridine rings is 2. The average Bonchev–Trinajstić information content (AvgIpc) is 3.29. The van der Waals surface area contributed by atoms with Crippen LogP contribution in [0.1, 0.15) is 28.8 Å². The molecule has 3 aliphatic rings. The van der Waals surface area contributed by atoms with Crippen LogP contribution in [0.15, 0.2) is 30.6 Å². The monoisotopic (exact) mass is 294 g/mol. The van der Waals surface area contributed by atoms with Crippen LogP contribution < -0.4 is 9.80 Å². The largest absolute Gasteiger partial charge is 0.373 e. The molecule has 2 aliphatic heterocycles. The number of amides is 1. The van der Waals surface area contributed by atoms with Crippen molar-refractivity contribution < 1.29 is 9.90 Å². The van der Waals surface area contributed by atoms with Crippen LogP contribution in [0, 0.1) is 0 Å². The Morgan fingerprint density at radius 2 is 1.91 bits per heavy atom. The highest BCUT2D eigenvalue weighted by molar-refractivity contribution is 6.14. The summed E-state index contributed by atoms with van der Waals surface area (Å²) in [5, 5.41) is 10.4. The van der Waals surface area contributed by atoms with Gasteiger partial charge in [-0.3, -0.25) is 9.69 Å². The minimum absolute atomic E-state index is 0.202. The van der Waals surface area contributed by atoms with Crippen molar-refractivity contribution in [2.45, 2.75) is 31.5 Å². The van der Waals surface area contributed by atoms with Crippen molar-refractivity contribution in [3.63, 3.8) is 0 Å². The van der Waals surface area contributed by atoms with Crippen molar-refractivity contribution in [3.8, 4) is 0 Å². The van der Waals surface area contributed by atoms with Crippen molar-refractivity contribution in [2.24, 2.45) is 0 Å². The minimum atomic E-state index is -0.836. The van der Waals surface area contributed by atoms with E-state index < -0.39 is 6.23 Å². The molecule has 1 atom stereocenters. The molecule has 2 aromatic rings. The van der Waals surface area contributed by atoms with Crippen molar-refractivity contribution in [1.29, 1.82) is 0 Å². The first-order valence-electron chi connectivity index (χ1n) is 7.49. The summed E-state index contributed by atoms with van der Waals surface area (Å²) in [5.41, 5.74) is 2.23. The molecule has 1 unspecified atom stereocenters. The number of fused-ring (bicyclic) bond motifs is 1. The zero-order valence-electron chi connectivity index (χ0n) is 11.8. The highest BCUT2D eigenvalue weighted by Crippen LogP contribution is 2.48. The Morgan fingerprint density at radius 3 is 2.73 bits per heavy atom. The summed E-state index contributed by atoms with van der Waals surface area (Å²) < 4.78 is 0. The van der Waals surface area contributed by atoms with E-state index in [1.807, 2.05) is 6.07 Å². The molecule has 6 heteroatoms. The smallest absolute Gasteiger partial charge is 0.264 e. The van der Waals surface area contributed by atoms with Gasteiger partial charge in [-0.1, -0.05) is 0 Å².